The molecule has 1 N–H and O–H groups in total. The highest BCUT2D eigenvalue weighted by atomic mass is 19.1. The molecule has 0 aliphatic rings. The van der Waals surface area contributed by atoms with Gasteiger partial charge in [0.2, 0.25) is 5.69 Å². The average molecular weight is 386 g/mol. The van der Waals surface area contributed by atoms with Gasteiger partial charge in [0.05, 0.1) is 28.5 Å². The SMILES string of the molecule is CCn1cc([N+](=O)[O-])c(C(=O)Nc2c(C)nn(Cc3ccc(F)cc3)c2C)n1. The van der Waals surface area contributed by atoms with E-state index >= 15 is 0 Å². The summed E-state index contributed by atoms with van der Waals surface area (Å²) in [4.78, 5) is 23.2. The van der Waals surface area contributed by atoms with Crippen LogP contribution in [0.15, 0.2) is 30.5 Å². The van der Waals surface area contributed by atoms with E-state index < -0.39 is 10.8 Å². The van der Waals surface area contributed by atoms with Crippen molar-refractivity contribution in [3.8, 4) is 0 Å². The minimum Gasteiger partial charge on any atom is -0.317 e. The molecule has 2 aromatic heterocycles. The number of halogens is 1. The van der Waals surface area contributed by atoms with Crippen LogP contribution in [0.25, 0.3) is 0 Å². The van der Waals surface area contributed by atoms with Crippen molar-refractivity contribution in [2.24, 2.45) is 0 Å². The second-order valence-electron chi connectivity index (χ2n) is 6.26. The van der Waals surface area contributed by atoms with Crippen molar-refractivity contribution in [2.75, 3.05) is 5.32 Å². The molecule has 0 spiro atoms. The summed E-state index contributed by atoms with van der Waals surface area (Å²) in [5.74, 6) is -0.996. The molecule has 0 aliphatic carbocycles. The number of anilines is 1. The van der Waals surface area contributed by atoms with Crippen molar-refractivity contribution >= 4 is 17.3 Å². The fourth-order valence-electron chi connectivity index (χ4n) is 2.84. The van der Waals surface area contributed by atoms with Crippen molar-refractivity contribution in [2.45, 2.75) is 33.9 Å². The number of carbonyl (C=O) groups is 1. The monoisotopic (exact) mass is 386 g/mol. The smallest absolute Gasteiger partial charge is 0.317 e. The second-order valence-corrected chi connectivity index (χ2v) is 6.26. The van der Waals surface area contributed by atoms with Crippen LogP contribution in [0.5, 0.6) is 0 Å². The normalized spacial score (nSPS) is 10.9. The quantitative estimate of drug-likeness (QED) is 0.517. The van der Waals surface area contributed by atoms with E-state index in [4.69, 9.17) is 0 Å². The molecule has 0 unspecified atom stereocenters. The Hall–Kier alpha value is -3.56. The zero-order valence-corrected chi connectivity index (χ0v) is 15.6. The standard InChI is InChI=1S/C18H19FN6O3/c1-4-23-10-15(25(27)28)17(22-23)18(26)20-16-11(2)21-24(12(16)3)9-13-5-7-14(19)8-6-13/h5-8,10H,4,9H2,1-3H3,(H,20,26). The Labute approximate surface area is 159 Å². The van der Waals surface area contributed by atoms with Gasteiger partial charge in [-0.15, -0.1) is 0 Å². The molecule has 1 aromatic carbocycles. The highest BCUT2D eigenvalue weighted by Gasteiger charge is 2.27. The summed E-state index contributed by atoms with van der Waals surface area (Å²) < 4.78 is 16.1. The zero-order valence-electron chi connectivity index (χ0n) is 15.6. The van der Waals surface area contributed by atoms with Crippen LogP contribution in [0.1, 0.15) is 34.4 Å². The van der Waals surface area contributed by atoms with Crippen molar-refractivity contribution in [1.82, 2.24) is 19.6 Å². The molecule has 0 aliphatic heterocycles. The molecule has 0 saturated carbocycles. The van der Waals surface area contributed by atoms with Crippen LogP contribution in [0, 0.1) is 29.8 Å². The molecular formula is C18H19FN6O3. The number of hydrogen-bond acceptors (Lipinski definition) is 5. The minimum atomic E-state index is -0.675. The third-order valence-electron chi connectivity index (χ3n) is 4.34. The molecule has 3 rings (SSSR count). The molecule has 9 nitrogen and oxygen atoms in total. The van der Waals surface area contributed by atoms with Crippen molar-refractivity contribution in [3.05, 3.63) is 69.0 Å². The maximum atomic E-state index is 13.1. The Bertz CT molecular complexity index is 1040. The maximum Gasteiger partial charge on any atom is 0.320 e. The number of nitrogens with zero attached hydrogens (tertiary/aromatic N) is 5. The largest absolute Gasteiger partial charge is 0.320 e. The summed E-state index contributed by atoms with van der Waals surface area (Å²) in [6.07, 6.45) is 1.23. The average Bonchev–Trinajstić information content (AvgIpc) is 3.21. The summed E-state index contributed by atoms with van der Waals surface area (Å²) in [6.45, 7) is 6.07. The Morgan fingerprint density at radius 3 is 2.54 bits per heavy atom. The highest BCUT2D eigenvalue weighted by Crippen LogP contribution is 2.23. The summed E-state index contributed by atoms with van der Waals surface area (Å²) in [6, 6.07) is 6.05. The lowest BCUT2D eigenvalue weighted by molar-refractivity contribution is -0.385. The first-order valence-electron chi connectivity index (χ1n) is 8.61. The Balaban J connectivity index is 1.86. The highest BCUT2D eigenvalue weighted by molar-refractivity contribution is 6.06. The molecule has 0 atom stereocenters. The number of amides is 1. The van der Waals surface area contributed by atoms with Crippen molar-refractivity contribution < 1.29 is 14.1 Å². The van der Waals surface area contributed by atoms with Crippen molar-refractivity contribution in [1.29, 1.82) is 0 Å². The van der Waals surface area contributed by atoms with Crippen LogP contribution >= 0.6 is 0 Å². The first-order valence-corrected chi connectivity index (χ1v) is 8.61. The van der Waals surface area contributed by atoms with Crippen LogP contribution < -0.4 is 5.32 Å². The van der Waals surface area contributed by atoms with Crippen LogP contribution in [0.3, 0.4) is 0 Å². The van der Waals surface area contributed by atoms with Crippen LogP contribution in [0.2, 0.25) is 0 Å². The molecule has 10 heteroatoms. The molecule has 0 fully saturated rings. The van der Waals surface area contributed by atoms with Gasteiger partial charge >= 0.3 is 5.69 Å². The van der Waals surface area contributed by atoms with E-state index in [1.54, 1.807) is 37.6 Å². The molecule has 0 radical (unpaired) electrons. The van der Waals surface area contributed by atoms with Gasteiger partial charge in [-0.25, -0.2) is 4.39 Å². The van der Waals surface area contributed by atoms with Gasteiger partial charge in [-0.05, 0) is 38.5 Å². The number of benzene rings is 1. The first kappa shape index (κ1) is 19.2. The Morgan fingerprint density at radius 1 is 1.25 bits per heavy atom. The van der Waals surface area contributed by atoms with E-state index in [0.29, 0.717) is 30.2 Å². The van der Waals surface area contributed by atoms with Gasteiger partial charge in [-0.2, -0.15) is 10.2 Å². The van der Waals surface area contributed by atoms with Gasteiger partial charge in [0.15, 0.2) is 0 Å². The van der Waals surface area contributed by atoms with Gasteiger partial charge in [0.25, 0.3) is 5.91 Å². The third kappa shape index (κ3) is 3.75. The molecule has 3 aromatic rings. The number of nitrogens with one attached hydrogen (secondary N) is 1. The summed E-state index contributed by atoms with van der Waals surface area (Å²) in [5, 5.41) is 22.3. The third-order valence-corrected chi connectivity index (χ3v) is 4.34. The van der Waals surface area contributed by atoms with Gasteiger partial charge in [0, 0.05) is 6.54 Å². The Kier molecular flexibility index (Phi) is 5.21. The lowest BCUT2D eigenvalue weighted by atomic mass is 10.2. The number of nitro groups is 1. The number of carbonyl (C=O) groups excluding carboxylic acids is 1. The van der Waals surface area contributed by atoms with E-state index in [1.165, 1.54) is 23.0 Å². The molecule has 0 bridgehead atoms. The topological polar surface area (TPSA) is 108 Å². The predicted octanol–water partition coefficient (Wildman–Crippen LogP) is 3.06. The lowest BCUT2D eigenvalue weighted by Crippen LogP contribution is -2.16. The summed E-state index contributed by atoms with van der Waals surface area (Å²) >= 11 is 0. The fraction of sp³-hybridized carbons (Fsp3) is 0.278. The van der Waals surface area contributed by atoms with Crippen LogP contribution in [0.4, 0.5) is 15.8 Å². The molecule has 2 heterocycles. The van der Waals surface area contributed by atoms with Gasteiger partial charge in [-0.1, -0.05) is 12.1 Å². The summed E-state index contributed by atoms with van der Waals surface area (Å²) in [5.41, 5.74) is 1.94. The summed E-state index contributed by atoms with van der Waals surface area (Å²) in [7, 11) is 0. The molecule has 1 amide bonds. The van der Waals surface area contributed by atoms with Gasteiger partial charge < -0.3 is 5.32 Å². The van der Waals surface area contributed by atoms with Gasteiger partial charge in [-0.3, -0.25) is 24.3 Å². The fourth-order valence-corrected chi connectivity index (χ4v) is 2.84. The van der Waals surface area contributed by atoms with E-state index in [0.717, 1.165) is 5.56 Å². The van der Waals surface area contributed by atoms with E-state index in [-0.39, 0.29) is 17.2 Å². The molecule has 28 heavy (non-hydrogen) atoms. The number of aryl methyl sites for hydroxylation is 2. The van der Waals surface area contributed by atoms with E-state index in [2.05, 4.69) is 15.5 Å². The number of rotatable bonds is 6. The maximum absolute atomic E-state index is 13.1. The molecule has 146 valence electrons. The lowest BCUT2D eigenvalue weighted by Gasteiger charge is -2.06. The van der Waals surface area contributed by atoms with E-state index in [9.17, 15) is 19.3 Å². The minimum absolute atomic E-state index is 0.253. The second kappa shape index (κ2) is 7.59. The predicted molar refractivity (Wildman–Crippen MR) is 99.7 cm³/mol. The van der Waals surface area contributed by atoms with Crippen molar-refractivity contribution in [3.63, 3.8) is 0 Å². The van der Waals surface area contributed by atoms with E-state index in [1.807, 2.05) is 0 Å². The first-order chi connectivity index (χ1) is 13.3. The molecular weight excluding hydrogens is 367 g/mol. The van der Waals surface area contributed by atoms with Crippen LogP contribution in [-0.4, -0.2) is 30.4 Å². The number of aromatic nitrogens is 4. The molecule has 0 saturated heterocycles. The van der Waals surface area contributed by atoms with Gasteiger partial charge in [0.1, 0.15) is 12.0 Å². The number of hydrogen-bond donors (Lipinski definition) is 1. The Morgan fingerprint density at radius 2 is 1.93 bits per heavy atom. The van der Waals surface area contributed by atoms with Crippen LogP contribution in [-0.2, 0) is 13.1 Å². The zero-order chi connectivity index (χ0) is 20.4.